The quantitative estimate of drug-likeness (QED) is 0.453. The minimum Gasteiger partial charge on any atom is -0.465 e. The minimum atomic E-state index is -0.534. The fourth-order valence-electron chi connectivity index (χ4n) is 3.58. The van der Waals surface area contributed by atoms with Gasteiger partial charge in [-0.05, 0) is 61.8 Å². The van der Waals surface area contributed by atoms with Crippen LogP contribution in [0.1, 0.15) is 33.8 Å². The average Bonchev–Trinajstić information content (AvgIpc) is 3.40. The van der Waals surface area contributed by atoms with E-state index in [4.69, 9.17) is 9.72 Å². The van der Waals surface area contributed by atoms with Crippen molar-refractivity contribution in [3.63, 3.8) is 0 Å². The number of thiophene rings is 1. The minimum absolute atomic E-state index is 0.288. The molecule has 1 aliphatic rings. The number of hydrogen-bond donors (Lipinski definition) is 1. The summed E-state index contributed by atoms with van der Waals surface area (Å²) in [7, 11) is 1.30. The van der Waals surface area contributed by atoms with Crippen LogP contribution in [0, 0.1) is 5.82 Å². The summed E-state index contributed by atoms with van der Waals surface area (Å²) in [6, 6.07) is 9.73. The highest BCUT2D eigenvalue weighted by molar-refractivity contribution is 7.21. The molecule has 0 bridgehead atoms. The van der Waals surface area contributed by atoms with Crippen LogP contribution in [-0.2, 0) is 16.1 Å². The summed E-state index contributed by atoms with van der Waals surface area (Å²) in [5.41, 5.74) is 1.86. The topological polar surface area (TPSA) is 71.5 Å². The summed E-state index contributed by atoms with van der Waals surface area (Å²) in [5.74, 6) is -1.35. The van der Waals surface area contributed by atoms with E-state index in [-0.39, 0.29) is 10.7 Å². The van der Waals surface area contributed by atoms with Crippen molar-refractivity contribution in [1.29, 1.82) is 0 Å². The fourth-order valence-corrected chi connectivity index (χ4v) is 4.65. The normalized spacial score (nSPS) is 14.4. The van der Waals surface area contributed by atoms with Gasteiger partial charge in [0.1, 0.15) is 15.5 Å². The molecule has 0 radical (unpaired) electrons. The third-order valence-corrected chi connectivity index (χ3v) is 6.17. The molecule has 1 N–H and O–H groups in total. The summed E-state index contributed by atoms with van der Waals surface area (Å²) < 4.78 is 18.2. The molecule has 0 unspecified atom stereocenters. The summed E-state index contributed by atoms with van der Waals surface area (Å²) in [6.07, 6.45) is 5.21. The van der Waals surface area contributed by atoms with E-state index < -0.39 is 11.9 Å². The zero-order valence-corrected chi connectivity index (χ0v) is 17.9. The zero-order valence-electron chi connectivity index (χ0n) is 17.1. The van der Waals surface area contributed by atoms with E-state index in [1.165, 1.54) is 55.6 Å². The molecule has 8 heteroatoms. The van der Waals surface area contributed by atoms with Crippen LogP contribution in [0.5, 0.6) is 0 Å². The third-order valence-electron chi connectivity index (χ3n) is 5.09. The van der Waals surface area contributed by atoms with Crippen molar-refractivity contribution in [1.82, 2.24) is 9.88 Å². The van der Waals surface area contributed by atoms with Crippen LogP contribution in [-0.4, -0.2) is 42.0 Å². The number of benzene rings is 1. The number of pyridine rings is 1. The maximum atomic E-state index is 13.3. The first kappa shape index (κ1) is 21.1. The lowest BCUT2D eigenvalue weighted by atomic mass is 10.2. The Labute approximate surface area is 183 Å². The molecule has 3 heterocycles. The van der Waals surface area contributed by atoms with Crippen LogP contribution >= 0.6 is 11.3 Å². The zero-order chi connectivity index (χ0) is 21.8. The molecule has 1 fully saturated rings. The molecule has 6 nitrogen and oxygen atoms in total. The van der Waals surface area contributed by atoms with Crippen LogP contribution in [0.4, 0.5) is 10.1 Å². The summed E-state index contributed by atoms with van der Waals surface area (Å²) >= 11 is 1.19. The second-order valence-corrected chi connectivity index (χ2v) is 8.31. The van der Waals surface area contributed by atoms with E-state index in [2.05, 4.69) is 10.2 Å². The number of anilines is 1. The number of amides is 1. The van der Waals surface area contributed by atoms with Crippen molar-refractivity contribution in [3.05, 3.63) is 64.4 Å². The molecule has 160 valence electrons. The Hall–Kier alpha value is -3.10. The Morgan fingerprint density at radius 3 is 2.81 bits per heavy atom. The summed E-state index contributed by atoms with van der Waals surface area (Å²) in [5, 5.41) is 3.45. The molecule has 1 aliphatic heterocycles. The van der Waals surface area contributed by atoms with Crippen LogP contribution in [0.2, 0.25) is 0 Å². The summed E-state index contributed by atoms with van der Waals surface area (Å²) in [6.45, 7) is 2.90. The van der Waals surface area contributed by atoms with Crippen molar-refractivity contribution in [2.45, 2.75) is 19.4 Å². The van der Waals surface area contributed by atoms with Gasteiger partial charge in [0.25, 0.3) is 0 Å². The number of hydrogen-bond acceptors (Lipinski definition) is 6. The Balaban J connectivity index is 1.59. The molecule has 2 aromatic heterocycles. The monoisotopic (exact) mass is 439 g/mol. The van der Waals surface area contributed by atoms with Gasteiger partial charge in [0.05, 0.1) is 18.5 Å². The van der Waals surface area contributed by atoms with Gasteiger partial charge in [-0.2, -0.15) is 0 Å². The van der Waals surface area contributed by atoms with E-state index in [0.29, 0.717) is 21.5 Å². The Bertz CT molecular complexity index is 1150. The standard InChI is InChI=1S/C23H22FN3O3S/c1-30-23(29)21-20(26-19(28)10-7-15-5-4-6-16(24)13-15)18-9-8-17(25-22(18)31-21)14-27-11-2-3-12-27/h4-10,13H,2-3,11-12,14H2,1H3,(H,26,28)/b10-7+. The Morgan fingerprint density at radius 2 is 2.06 bits per heavy atom. The van der Waals surface area contributed by atoms with E-state index in [1.54, 1.807) is 12.1 Å². The number of nitrogens with one attached hydrogen (secondary N) is 1. The van der Waals surface area contributed by atoms with E-state index in [1.807, 2.05) is 12.1 Å². The predicted octanol–water partition coefficient (Wildman–Crippen LogP) is 4.47. The van der Waals surface area contributed by atoms with Gasteiger partial charge < -0.3 is 10.1 Å². The van der Waals surface area contributed by atoms with E-state index >= 15 is 0 Å². The smallest absolute Gasteiger partial charge is 0.350 e. The molecule has 4 rings (SSSR count). The molecular weight excluding hydrogens is 417 g/mol. The number of methoxy groups -OCH3 is 1. The molecule has 0 aliphatic carbocycles. The van der Waals surface area contributed by atoms with Gasteiger partial charge in [-0.1, -0.05) is 12.1 Å². The predicted molar refractivity (Wildman–Crippen MR) is 120 cm³/mol. The van der Waals surface area contributed by atoms with Gasteiger partial charge in [0.15, 0.2) is 0 Å². The van der Waals surface area contributed by atoms with E-state index in [9.17, 15) is 14.0 Å². The SMILES string of the molecule is COC(=O)c1sc2nc(CN3CCCC3)ccc2c1NC(=O)/C=C/c1cccc(F)c1. The lowest BCUT2D eigenvalue weighted by Crippen LogP contribution is -2.18. The van der Waals surface area contributed by atoms with Crippen LogP contribution < -0.4 is 5.32 Å². The van der Waals surface area contributed by atoms with Gasteiger partial charge in [-0.25, -0.2) is 14.2 Å². The van der Waals surface area contributed by atoms with Crippen molar-refractivity contribution >= 4 is 45.2 Å². The van der Waals surface area contributed by atoms with Gasteiger partial charge in [0.2, 0.25) is 5.91 Å². The second kappa shape index (κ2) is 9.36. The highest BCUT2D eigenvalue weighted by Crippen LogP contribution is 2.35. The highest BCUT2D eigenvalue weighted by Gasteiger charge is 2.22. The number of nitrogens with zero attached hydrogens (tertiary/aromatic N) is 2. The van der Waals surface area contributed by atoms with Crippen molar-refractivity contribution in [2.75, 3.05) is 25.5 Å². The van der Waals surface area contributed by atoms with Crippen LogP contribution in [0.25, 0.3) is 16.3 Å². The largest absolute Gasteiger partial charge is 0.465 e. The molecule has 3 aromatic rings. The number of fused-ring (bicyclic) bond motifs is 1. The molecule has 1 saturated heterocycles. The molecule has 0 spiro atoms. The molecule has 1 amide bonds. The summed E-state index contributed by atoms with van der Waals surface area (Å²) in [4.78, 5) is 32.8. The molecule has 0 saturated carbocycles. The number of likely N-dealkylation sites (tertiary alicyclic amines) is 1. The van der Waals surface area contributed by atoms with Gasteiger partial charge in [0, 0.05) is 18.0 Å². The maximum absolute atomic E-state index is 13.3. The Kier molecular flexibility index (Phi) is 6.39. The number of carbonyl (C=O) groups is 2. The van der Waals surface area contributed by atoms with Crippen molar-refractivity contribution < 1.29 is 18.7 Å². The number of halogens is 1. The Morgan fingerprint density at radius 1 is 1.26 bits per heavy atom. The fraction of sp³-hybridized carbons (Fsp3) is 0.261. The maximum Gasteiger partial charge on any atom is 0.350 e. The third kappa shape index (κ3) is 4.98. The highest BCUT2D eigenvalue weighted by atomic mass is 32.1. The van der Waals surface area contributed by atoms with Gasteiger partial charge >= 0.3 is 5.97 Å². The number of rotatable bonds is 6. The van der Waals surface area contributed by atoms with Crippen LogP contribution in [0.3, 0.4) is 0 Å². The van der Waals surface area contributed by atoms with Crippen LogP contribution in [0.15, 0.2) is 42.5 Å². The average molecular weight is 440 g/mol. The van der Waals surface area contributed by atoms with Crippen molar-refractivity contribution in [3.8, 4) is 0 Å². The van der Waals surface area contributed by atoms with Crippen molar-refractivity contribution in [2.24, 2.45) is 0 Å². The molecule has 31 heavy (non-hydrogen) atoms. The number of ether oxygens (including phenoxy) is 1. The molecular formula is C23H22FN3O3S. The van der Waals surface area contributed by atoms with E-state index in [0.717, 1.165) is 25.3 Å². The molecule has 1 aromatic carbocycles. The first-order valence-corrected chi connectivity index (χ1v) is 10.8. The number of aromatic nitrogens is 1. The second-order valence-electron chi connectivity index (χ2n) is 7.31. The first-order valence-electron chi connectivity index (χ1n) is 10.0. The van der Waals surface area contributed by atoms with Gasteiger partial charge in [-0.15, -0.1) is 11.3 Å². The molecule has 0 atom stereocenters. The lowest BCUT2D eigenvalue weighted by molar-refractivity contribution is -0.111. The lowest BCUT2D eigenvalue weighted by Gasteiger charge is -2.13. The first-order chi connectivity index (χ1) is 15.0. The number of carbonyl (C=O) groups excluding carboxylic acids is 2. The number of esters is 1. The van der Waals surface area contributed by atoms with Gasteiger partial charge in [-0.3, -0.25) is 9.69 Å².